The molecule has 144 valence electrons. The predicted octanol–water partition coefficient (Wildman–Crippen LogP) is 3.81. The van der Waals surface area contributed by atoms with Gasteiger partial charge in [-0.3, -0.25) is 4.57 Å². The van der Waals surface area contributed by atoms with Crippen molar-refractivity contribution >= 4 is 13.5 Å². The summed E-state index contributed by atoms with van der Waals surface area (Å²) in [6.45, 7) is 4.74. The fourth-order valence-corrected chi connectivity index (χ4v) is 6.57. The number of benzene rings is 1. The summed E-state index contributed by atoms with van der Waals surface area (Å²) in [5.74, 6) is 0. The van der Waals surface area contributed by atoms with E-state index in [1.54, 1.807) is 4.90 Å². The van der Waals surface area contributed by atoms with Gasteiger partial charge in [0.25, 0.3) is 0 Å². The third kappa shape index (κ3) is 4.13. The van der Waals surface area contributed by atoms with E-state index >= 15 is 0 Å². The second-order valence-electron chi connectivity index (χ2n) is 7.07. The summed E-state index contributed by atoms with van der Waals surface area (Å²) < 4.78 is 24.7. The van der Waals surface area contributed by atoms with Crippen LogP contribution in [0.1, 0.15) is 38.2 Å². The lowest BCUT2D eigenvalue weighted by Crippen LogP contribution is -2.51. The highest BCUT2D eigenvalue weighted by atomic mass is 31.2. The van der Waals surface area contributed by atoms with Gasteiger partial charge in [0.15, 0.2) is 0 Å². The Labute approximate surface area is 155 Å². The Morgan fingerprint density at radius 3 is 2.69 bits per heavy atom. The molecule has 0 radical (unpaired) electrons. The number of hydrogen-bond acceptors (Lipinski definition) is 5. The van der Waals surface area contributed by atoms with Crippen LogP contribution in [0.2, 0.25) is 0 Å². The number of likely N-dealkylation sites (tertiary alicyclic amines) is 1. The van der Waals surface area contributed by atoms with E-state index in [9.17, 15) is 9.36 Å². The van der Waals surface area contributed by atoms with E-state index in [1.165, 1.54) is 0 Å². The standard InChI is InChI=1S/C19H29N2O4P/c1-2-3-14-25-26(23)15-11-20-19(26)9-12-21(13-10-19)18(22)24-16-17-7-5-4-6-8-17/h4-8,20H,2-3,9-16H2,1H3. The maximum Gasteiger partial charge on any atom is 0.410 e. The monoisotopic (exact) mass is 380 g/mol. The van der Waals surface area contributed by atoms with E-state index < -0.39 is 12.6 Å². The molecule has 1 N–H and O–H groups in total. The Kier molecular flexibility index (Phi) is 6.38. The highest BCUT2D eigenvalue weighted by molar-refractivity contribution is 7.61. The Morgan fingerprint density at radius 2 is 2.00 bits per heavy atom. The fraction of sp³-hybridized carbons (Fsp3) is 0.632. The normalized spacial score (nSPS) is 24.7. The third-order valence-corrected chi connectivity index (χ3v) is 8.69. The van der Waals surface area contributed by atoms with Gasteiger partial charge in [0.1, 0.15) is 6.61 Å². The van der Waals surface area contributed by atoms with Crippen molar-refractivity contribution in [1.82, 2.24) is 10.2 Å². The lowest BCUT2D eigenvalue weighted by Gasteiger charge is -2.41. The van der Waals surface area contributed by atoms with Gasteiger partial charge in [0, 0.05) is 25.8 Å². The first kappa shape index (κ1) is 19.4. The van der Waals surface area contributed by atoms with E-state index in [0.717, 1.165) is 24.9 Å². The Bertz CT molecular complexity index is 644. The first-order valence-electron chi connectivity index (χ1n) is 9.53. The molecule has 1 spiro atoms. The molecular formula is C19H29N2O4P. The van der Waals surface area contributed by atoms with Gasteiger partial charge in [0.2, 0.25) is 7.37 Å². The topological polar surface area (TPSA) is 67.9 Å². The van der Waals surface area contributed by atoms with Crippen LogP contribution in [-0.4, -0.2) is 48.7 Å². The zero-order valence-electron chi connectivity index (χ0n) is 15.5. The molecule has 3 rings (SSSR count). The van der Waals surface area contributed by atoms with Crippen LogP contribution in [0.4, 0.5) is 4.79 Å². The first-order chi connectivity index (χ1) is 12.6. The van der Waals surface area contributed by atoms with Gasteiger partial charge >= 0.3 is 6.09 Å². The van der Waals surface area contributed by atoms with E-state index in [4.69, 9.17) is 9.26 Å². The maximum absolute atomic E-state index is 13.4. The molecule has 1 unspecified atom stereocenters. The number of nitrogens with zero attached hydrogens (tertiary/aromatic N) is 1. The van der Waals surface area contributed by atoms with E-state index in [1.807, 2.05) is 30.3 Å². The summed E-state index contributed by atoms with van der Waals surface area (Å²) in [5, 5.41) is 2.98. The van der Waals surface area contributed by atoms with Crippen molar-refractivity contribution in [3.05, 3.63) is 35.9 Å². The number of nitrogens with one attached hydrogen (secondary N) is 1. The molecule has 2 fully saturated rings. The van der Waals surface area contributed by atoms with Crippen LogP contribution in [0.25, 0.3) is 0 Å². The number of piperidine rings is 1. The van der Waals surface area contributed by atoms with Crippen LogP contribution in [0.5, 0.6) is 0 Å². The van der Waals surface area contributed by atoms with Gasteiger partial charge in [-0.15, -0.1) is 0 Å². The molecule has 1 atom stereocenters. The van der Waals surface area contributed by atoms with Crippen LogP contribution in [0, 0.1) is 0 Å². The highest BCUT2D eigenvalue weighted by Gasteiger charge is 2.54. The first-order valence-corrected chi connectivity index (χ1v) is 11.3. The molecule has 6 nitrogen and oxygen atoms in total. The molecule has 1 aromatic carbocycles. The predicted molar refractivity (Wildman–Crippen MR) is 102 cm³/mol. The van der Waals surface area contributed by atoms with Gasteiger partial charge in [-0.05, 0) is 24.8 Å². The molecule has 2 saturated heterocycles. The minimum Gasteiger partial charge on any atom is -0.445 e. The third-order valence-electron chi connectivity index (χ3n) is 5.36. The number of hydrogen-bond donors (Lipinski definition) is 1. The number of ether oxygens (including phenoxy) is 1. The lowest BCUT2D eigenvalue weighted by molar-refractivity contribution is 0.0813. The van der Waals surface area contributed by atoms with Crippen molar-refractivity contribution in [3.63, 3.8) is 0 Å². The molecule has 7 heteroatoms. The molecule has 2 heterocycles. The number of carbonyl (C=O) groups excluding carboxylic acids is 1. The van der Waals surface area contributed by atoms with Gasteiger partial charge in [-0.25, -0.2) is 4.79 Å². The van der Waals surface area contributed by atoms with Gasteiger partial charge in [-0.1, -0.05) is 43.7 Å². The number of amides is 1. The van der Waals surface area contributed by atoms with Crippen molar-refractivity contribution in [3.8, 4) is 0 Å². The summed E-state index contributed by atoms with van der Waals surface area (Å²) in [6, 6.07) is 9.66. The van der Waals surface area contributed by atoms with Crippen molar-refractivity contribution in [2.24, 2.45) is 0 Å². The highest BCUT2D eigenvalue weighted by Crippen LogP contribution is 2.64. The molecule has 0 saturated carbocycles. The van der Waals surface area contributed by atoms with E-state index in [2.05, 4.69) is 12.2 Å². The molecule has 1 aromatic rings. The Morgan fingerprint density at radius 1 is 1.27 bits per heavy atom. The van der Waals surface area contributed by atoms with Crippen molar-refractivity contribution in [2.45, 2.75) is 44.5 Å². The molecule has 2 aliphatic rings. The largest absolute Gasteiger partial charge is 0.445 e. The number of unbranched alkanes of at least 4 members (excludes halogenated alkanes) is 1. The lowest BCUT2D eigenvalue weighted by atomic mass is 10.0. The molecule has 2 aliphatic heterocycles. The van der Waals surface area contributed by atoms with Crippen LogP contribution in [0.15, 0.2) is 30.3 Å². The molecule has 0 aliphatic carbocycles. The van der Waals surface area contributed by atoms with E-state index in [0.29, 0.717) is 38.7 Å². The number of carbonyl (C=O) groups is 1. The second-order valence-corrected chi connectivity index (χ2v) is 9.98. The summed E-state index contributed by atoms with van der Waals surface area (Å²) >= 11 is 0. The molecule has 26 heavy (non-hydrogen) atoms. The summed E-state index contributed by atoms with van der Waals surface area (Å²) in [6.07, 6.45) is 3.55. The van der Waals surface area contributed by atoms with Crippen LogP contribution in [0.3, 0.4) is 0 Å². The molecule has 0 bridgehead atoms. The number of rotatable bonds is 6. The Hall–Kier alpha value is -1.36. The molecular weight excluding hydrogens is 351 g/mol. The average Bonchev–Trinajstić information content (AvgIpc) is 2.97. The fourth-order valence-electron chi connectivity index (χ4n) is 3.70. The van der Waals surface area contributed by atoms with Crippen molar-refractivity contribution in [2.75, 3.05) is 32.4 Å². The SMILES string of the molecule is CCCCOP1(=O)CCNC12CCN(C(=O)OCc1ccccc1)CC2. The molecule has 1 amide bonds. The maximum atomic E-state index is 13.4. The molecule has 0 aromatic heterocycles. The zero-order chi connectivity index (χ0) is 18.5. The quantitative estimate of drug-likeness (QED) is 0.600. The van der Waals surface area contributed by atoms with Crippen molar-refractivity contribution < 1.29 is 18.6 Å². The average molecular weight is 380 g/mol. The van der Waals surface area contributed by atoms with Gasteiger partial charge in [-0.2, -0.15) is 0 Å². The van der Waals surface area contributed by atoms with E-state index in [-0.39, 0.29) is 12.7 Å². The summed E-state index contributed by atoms with van der Waals surface area (Å²) in [7, 11) is -2.72. The zero-order valence-corrected chi connectivity index (χ0v) is 16.4. The van der Waals surface area contributed by atoms with Crippen LogP contribution < -0.4 is 5.32 Å². The van der Waals surface area contributed by atoms with Gasteiger partial charge in [0.05, 0.1) is 11.9 Å². The minimum atomic E-state index is -2.72. The van der Waals surface area contributed by atoms with Crippen LogP contribution in [-0.2, 0) is 20.4 Å². The minimum absolute atomic E-state index is 0.276. The smallest absolute Gasteiger partial charge is 0.410 e. The van der Waals surface area contributed by atoms with Crippen molar-refractivity contribution in [1.29, 1.82) is 0 Å². The summed E-state index contributed by atoms with van der Waals surface area (Å²) in [4.78, 5) is 14.0. The second kappa shape index (κ2) is 8.55. The van der Waals surface area contributed by atoms with Gasteiger partial charge < -0.3 is 19.5 Å². The summed E-state index contributed by atoms with van der Waals surface area (Å²) in [5.41, 5.74) is 0.973. The van der Waals surface area contributed by atoms with Crippen LogP contribution >= 0.6 is 7.37 Å². The Balaban J connectivity index is 1.52.